The Morgan fingerprint density at radius 1 is 1.33 bits per heavy atom. The standard InChI is InChI=1S/C4H7F3O2/c5-4(6,7)3(9)1-2-8/h3,8-9H,1-2H2/t3-/m1/s1. The van der Waals surface area contributed by atoms with Gasteiger partial charge in [-0.15, -0.1) is 0 Å². The molecule has 2 nitrogen and oxygen atoms in total. The summed E-state index contributed by atoms with van der Waals surface area (Å²) in [5.74, 6) is 0. The van der Waals surface area contributed by atoms with Gasteiger partial charge in [-0.3, -0.25) is 0 Å². The molecular formula is C4H7F3O2. The minimum atomic E-state index is -4.59. The van der Waals surface area contributed by atoms with Gasteiger partial charge < -0.3 is 10.2 Å². The zero-order valence-corrected chi connectivity index (χ0v) is 4.52. The van der Waals surface area contributed by atoms with E-state index >= 15 is 0 Å². The van der Waals surface area contributed by atoms with E-state index in [2.05, 4.69) is 0 Å². The van der Waals surface area contributed by atoms with Crippen molar-refractivity contribution in [3.05, 3.63) is 0 Å². The van der Waals surface area contributed by atoms with E-state index in [0.717, 1.165) is 0 Å². The summed E-state index contributed by atoms with van der Waals surface area (Å²) in [6.45, 7) is -0.652. The Morgan fingerprint density at radius 3 is 1.89 bits per heavy atom. The maximum Gasteiger partial charge on any atom is 0.414 e. The molecule has 56 valence electrons. The largest absolute Gasteiger partial charge is 0.414 e. The van der Waals surface area contributed by atoms with Gasteiger partial charge in [0.05, 0.1) is 0 Å². The highest BCUT2D eigenvalue weighted by Crippen LogP contribution is 2.21. The van der Waals surface area contributed by atoms with Crippen LogP contribution in [0.25, 0.3) is 0 Å². The average Bonchev–Trinajstić information content (AvgIpc) is 1.64. The summed E-state index contributed by atoms with van der Waals surface area (Å²) in [5.41, 5.74) is 0. The van der Waals surface area contributed by atoms with Crippen molar-refractivity contribution in [2.45, 2.75) is 18.7 Å². The topological polar surface area (TPSA) is 40.5 Å². The molecule has 0 amide bonds. The van der Waals surface area contributed by atoms with Crippen LogP contribution in [0, 0.1) is 0 Å². The molecule has 0 aliphatic carbocycles. The highest BCUT2D eigenvalue weighted by atomic mass is 19.4. The first-order chi connectivity index (χ1) is 3.98. The zero-order chi connectivity index (χ0) is 7.49. The average molecular weight is 144 g/mol. The molecule has 0 aromatic rings. The predicted octanol–water partition coefficient (Wildman–Crippen LogP) is 0.292. The van der Waals surface area contributed by atoms with Crippen molar-refractivity contribution < 1.29 is 23.4 Å². The molecule has 0 bridgehead atoms. The van der Waals surface area contributed by atoms with Gasteiger partial charge >= 0.3 is 6.18 Å². The zero-order valence-electron chi connectivity index (χ0n) is 4.52. The molecule has 0 heterocycles. The first-order valence-electron chi connectivity index (χ1n) is 2.34. The van der Waals surface area contributed by atoms with Crippen molar-refractivity contribution in [2.75, 3.05) is 6.61 Å². The molecule has 0 aliphatic heterocycles. The van der Waals surface area contributed by atoms with Gasteiger partial charge in [0.25, 0.3) is 0 Å². The van der Waals surface area contributed by atoms with E-state index in [1.807, 2.05) is 0 Å². The number of hydrogen-bond acceptors (Lipinski definition) is 2. The number of aliphatic hydroxyl groups is 2. The van der Waals surface area contributed by atoms with Crippen LogP contribution in [0.4, 0.5) is 13.2 Å². The highest BCUT2D eigenvalue weighted by Gasteiger charge is 2.37. The molecule has 0 saturated heterocycles. The third-order valence-electron chi connectivity index (χ3n) is 0.780. The SMILES string of the molecule is OCC[C@@H](O)C(F)(F)F. The second kappa shape index (κ2) is 3.03. The molecule has 0 rings (SSSR count). The fourth-order valence-corrected chi connectivity index (χ4v) is 0.286. The monoisotopic (exact) mass is 144 g/mol. The van der Waals surface area contributed by atoms with Gasteiger partial charge in [-0.2, -0.15) is 13.2 Å². The van der Waals surface area contributed by atoms with Gasteiger partial charge in [0.1, 0.15) is 0 Å². The fraction of sp³-hybridized carbons (Fsp3) is 1.00. The van der Waals surface area contributed by atoms with E-state index < -0.39 is 25.3 Å². The lowest BCUT2D eigenvalue weighted by atomic mass is 10.2. The van der Waals surface area contributed by atoms with Crippen LogP contribution >= 0.6 is 0 Å². The molecular weight excluding hydrogens is 137 g/mol. The van der Waals surface area contributed by atoms with E-state index in [0.29, 0.717) is 0 Å². The summed E-state index contributed by atoms with van der Waals surface area (Å²) in [4.78, 5) is 0. The van der Waals surface area contributed by atoms with E-state index in [4.69, 9.17) is 10.2 Å². The van der Waals surface area contributed by atoms with Crippen LogP contribution in [0.1, 0.15) is 6.42 Å². The van der Waals surface area contributed by atoms with Crippen LogP contribution in [-0.4, -0.2) is 29.1 Å². The van der Waals surface area contributed by atoms with Gasteiger partial charge in [0.15, 0.2) is 6.10 Å². The maximum atomic E-state index is 11.3. The molecule has 0 fully saturated rings. The number of hydrogen-bond donors (Lipinski definition) is 2. The Hall–Kier alpha value is -0.290. The van der Waals surface area contributed by atoms with Crippen molar-refractivity contribution in [3.63, 3.8) is 0 Å². The Kier molecular flexibility index (Phi) is 2.93. The van der Waals surface area contributed by atoms with Crippen molar-refractivity contribution in [3.8, 4) is 0 Å². The van der Waals surface area contributed by atoms with Gasteiger partial charge in [0.2, 0.25) is 0 Å². The number of halogens is 3. The summed E-state index contributed by atoms with van der Waals surface area (Å²) < 4.78 is 33.8. The summed E-state index contributed by atoms with van der Waals surface area (Å²) in [5, 5.41) is 16.0. The second-order valence-electron chi connectivity index (χ2n) is 1.57. The molecule has 0 radical (unpaired) electrons. The van der Waals surface area contributed by atoms with Crippen molar-refractivity contribution in [2.24, 2.45) is 0 Å². The summed E-state index contributed by atoms with van der Waals surface area (Å²) in [6.07, 6.45) is -7.63. The van der Waals surface area contributed by atoms with Crippen molar-refractivity contribution in [1.29, 1.82) is 0 Å². The van der Waals surface area contributed by atoms with Gasteiger partial charge in [0, 0.05) is 13.0 Å². The second-order valence-corrected chi connectivity index (χ2v) is 1.57. The lowest BCUT2D eigenvalue weighted by molar-refractivity contribution is -0.207. The summed E-state index contributed by atoms with van der Waals surface area (Å²) >= 11 is 0. The number of alkyl halides is 3. The van der Waals surface area contributed by atoms with E-state index in [9.17, 15) is 13.2 Å². The van der Waals surface area contributed by atoms with E-state index in [-0.39, 0.29) is 0 Å². The minimum Gasteiger partial charge on any atom is -0.396 e. The van der Waals surface area contributed by atoms with Crippen LogP contribution in [0.5, 0.6) is 0 Å². The Morgan fingerprint density at radius 2 is 1.78 bits per heavy atom. The quantitative estimate of drug-likeness (QED) is 0.584. The van der Waals surface area contributed by atoms with Crippen molar-refractivity contribution in [1.82, 2.24) is 0 Å². The van der Waals surface area contributed by atoms with Gasteiger partial charge in [-0.25, -0.2) is 0 Å². The van der Waals surface area contributed by atoms with Crippen LogP contribution in [0.3, 0.4) is 0 Å². The summed E-state index contributed by atoms with van der Waals surface area (Å²) in [6, 6.07) is 0. The third kappa shape index (κ3) is 3.31. The predicted molar refractivity (Wildman–Crippen MR) is 23.8 cm³/mol. The Bertz CT molecular complexity index is 80.4. The first kappa shape index (κ1) is 8.71. The van der Waals surface area contributed by atoms with Gasteiger partial charge in [-0.05, 0) is 0 Å². The normalized spacial score (nSPS) is 15.7. The molecule has 2 N–H and O–H groups in total. The lowest BCUT2D eigenvalue weighted by Gasteiger charge is -2.11. The lowest BCUT2D eigenvalue weighted by Crippen LogP contribution is -2.29. The highest BCUT2D eigenvalue weighted by molar-refractivity contribution is 4.63. The van der Waals surface area contributed by atoms with E-state index in [1.165, 1.54) is 0 Å². The molecule has 0 saturated carbocycles. The fourth-order valence-electron chi connectivity index (χ4n) is 0.286. The van der Waals surface area contributed by atoms with Crippen LogP contribution in [0.15, 0.2) is 0 Å². The molecule has 9 heavy (non-hydrogen) atoms. The van der Waals surface area contributed by atoms with E-state index in [1.54, 1.807) is 0 Å². The van der Waals surface area contributed by atoms with Crippen LogP contribution < -0.4 is 0 Å². The summed E-state index contributed by atoms with van der Waals surface area (Å²) in [7, 11) is 0. The molecule has 0 aliphatic rings. The maximum absolute atomic E-state index is 11.3. The smallest absolute Gasteiger partial charge is 0.396 e. The van der Waals surface area contributed by atoms with Crippen LogP contribution in [0.2, 0.25) is 0 Å². The Labute approximate surface area is 49.9 Å². The molecule has 0 aromatic carbocycles. The molecule has 0 aromatic heterocycles. The van der Waals surface area contributed by atoms with Crippen molar-refractivity contribution >= 4 is 0 Å². The third-order valence-corrected chi connectivity index (χ3v) is 0.780. The number of rotatable bonds is 2. The molecule has 1 atom stereocenters. The van der Waals surface area contributed by atoms with Crippen LogP contribution in [-0.2, 0) is 0 Å². The molecule has 5 heteroatoms. The Balaban J connectivity index is 3.59. The number of aliphatic hydroxyl groups excluding tert-OH is 2. The molecule has 0 spiro atoms. The first-order valence-corrected chi connectivity index (χ1v) is 2.34. The minimum absolute atomic E-state index is 0.649. The molecule has 0 unspecified atom stereocenters. The van der Waals surface area contributed by atoms with Gasteiger partial charge in [-0.1, -0.05) is 0 Å².